The zero-order valence-electron chi connectivity index (χ0n) is 10.9. The molecule has 96 valence electrons. The molecule has 2 rings (SSSR count). The van der Waals surface area contributed by atoms with Gasteiger partial charge in [0.25, 0.3) is 0 Å². The van der Waals surface area contributed by atoms with Crippen LogP contribution in [0.25, 0.3) is 0 Å². The molecule has 2 amide bonds. The summed E-state index contributed by atoms with van der Waals surface area (Å²) >= 11 is 0. The van der Waals surface area contributed by atoms with Gasteiger partial charge in [-0.1, -0.05) is 20.8 Å². The van der Waals surface area contributed by atoms with Crippen molar-refractivity contribution in [1.82, 2.24) is 10.2 Å². The van der Waals surface area contributed by atoms with Crippen LogP contribution in [0.4, 0.5) is 0 Å². The first-order valence-electron chi connectivity index (χ1n) is 6.57. The smallest absolute Gasteiger partial charge is 0.245 e. The van der Waals surface area contributed by atoms with Crippen LogP contribution in [0, 0.1) is 17.8 Å². The maximum atomic E-state index is 12.2. The average Bonchev–Trinajstić information content (AvgIpc) is 3.06. The van der Waals surface area contributed by atoms with Crippen LogP contribution < -0.4 is 5.32 Å². The second kappa shape index (κ2) is 4.67. The molecule has 2 unspecified atom stereocenters. The van der Waals surface area contributed by atoms with E-state index in [1.807, 2.05) is 0 Å². The van der Waals surface area contributed by atoms with E-state index in [0.717, 1.165) is 12.8 Å². The van der Waals surface area contributed by atoms with Crippen LogP contribution in [0.2, 0.25) is 0 Å². The van der Waals surface area contributed by atoms with E-state index < -0.39 is 0 Å². The Morgan fingerprint density at radius 2 is 1.94 bits per heavy atom. The van der Waals surface area contributed by atoms with Crippen LogP contribution in [0.15, 0.2) is 0 Å². The molecule has 0 spiro atoms. The van der Waals surface area contributed by atoms with Crippen LogP contribution in [0.5, 0.6) is 0 Å². The number of carbonyl (C=O) groups is 2. The van der Waals surface area contributed by atoms with Crippen LogP contribution in [0.3, 0.4) is 0 Å². The van der Waals surface area contributed by atoms with Crippen LogP contribution >= 0.6 is 0 Å². The molecule has 2 atom stereocenters. The summed E-state index contributed by atoms with van der Waals surface area (Å²) in [6.07, 6.45) is 2.15. The molecule has 1 saturated carbocycles. The number of nitrogens with zero attached hydrogens (tertiary/aromatic N) is 1. The van der Waals surface area contributed by atoms with Crippen molar-refractivity contribution in [3.05, 3.63) is 0 Å². The molecule has 1 heterocycles. The molecule has 1 aliphatic carbocycles. The summed E-state index contributed by atoms with van der Waals surface area (Å²) in [6.45, 7) is 7.37. The van der Waals surface area contributed by atoms with Crippen molar-refractivity contribution in [2.75, 3.05) is 13.1 Å². The van der Waals surface area contributed by atoms with E-state index in [1.165, 1.54) is 0 Å². The van der Waals surface area contributed by atoms with Gasteiger partial charge >= 0.3 is 0 Å². The van der Waals surface area contributed by atoms with Gasteiger partial charge in [0.1, 0.15) is 6.04 Å². The van der Waals surface area contributed by atoms with Crippen LogP contribution in [0.1, 0.15) is 33.6 Å². The highest BCUT2D eigenvalue weighted by molar-refractivity contribution is 5.95. The van der Waals surface area contributed by atoms with Crippen molar-refractivity contribution in [3.8, 4) is 0 Å². The summed E-state index contributed by atoms with van der Waals surface area (Å²) in [5, 5.41) is 2.83. The normalized spacial score (nSPS) is 27.3. The van der Waals surface area contributed by atoms with E-state index >= 15 is 0 Å². The molecule has 0 aromatic carbocycles. The molecule has 0 bridgehead atoms. The van der Waals surface area contributed by atoms with Gasteiger partial charge in [-0.15, -0.1) is 0 Å². The predicted molar refractivity (Wildman–Crippen MR) is 65.2 cm³/mol. The topological polar surface area (TPSA) is 49.4 Å². The Morgan fingerprint density at radius 1 is 1.29 bits per heavy atom. The molecule has 4 heteroatoms. The predicted octanol–water partition coefficient (Wildman–Crippen LogP) is 1.02. The molecule has 1 aliphatic heterocycles. The second-order valence-electron chi connectivity index (χ2n) is 5.82. The lowest BCUT2D eigenvalue weighted by Gasteiger charge is -2.35. The molecule has 0 radical (unpaired) electrons. The Labute approximate surface area is 103 Å². The van der Waals surface area contributed by atoms with E-state index in [1.54, 1.807) is 4.90 Å². The molecule has 1 saturated heterocycles. The molecular formula is C13H22N2O2. The lowest BCUT2D eigenvalue weighted by atomic mass is 9.96. The molecule has 4 nitrogen and oxygen atoms in total. The zero-order valence-corrected chi connectivity index (χ0v) is 10.9. The summed E-state index contributed by atoms with van der Waals surface area (Å²) < 4.78 is 0. The summed E-state index contributed by atoms with van der Waals surface area (Å²) in [4.78, 5) is 25.6. The zero-order chi connectivity index (χ0) is 12.6. The van der Waals surface area contributed by atoms with Gasteiger partial charge in [-0.3, -0.25) is 9.59 Å². The van der Waals surface area contributed by atoms with Gasteiger partial charge in [-0.25, -0.2) is 0 Å². The highest BCUT2D eigenvalue weighted by Crippen LogP contribution is 2.34. The van der Waals surface area contributed by atoms with Crippen molar-refractivity contribution >= 4 is 11.8 Å². The Kier molecular flexibility index (Phi) is 3.40. The van der Waals surface area contributed by atoms with Gasteiger partial charge in [0.2, 0.25) is 11.8 Å². The number of amides is 2. The Morgan fingerprint density at radius 3 is 2.47 bits per heavy atom. The van der Waals surface area contributed by atoms with Gasteiger partial charge in [0.05, 0.1) is 6.54 Å². The van der Waals surface area contributed by atoms with Crippen LogP contribution in [-0.2, 0) is 9.59 Å². The van der Waals surface area contributed by atoms with Crippen molar-refractivity contribution in [1.29, 1.82) is 0 Å². The van der Waals surface area contributed by atoms with Crippen molar-refractivity contribution in [2.45, 2.75) is 39.7 Å². The highest BCUT2D eigenvalue weighted by Gasteiger charge is 2.42. The molecular weight excluding hydrogens is 216 g/mol. The van der Waals surface area contributed by atoms with Crippen molar-refractivity contribution in [2.24, 2.45) is 17.8 Å². The average molecular weight is 238 g/mol. The van der Waals surface area contributed by atoms with Gasteiger partial charge in [-0.05, 0) is 30.6 Å². The monoisotopic (exact) mass is 238 g/mol. The maximum absolute atomic E-state index is 12.2. The fourth-order valence-electron chi connectivity index (χ4n) is 2.19. The number of nitrogens with one attached hydrogen (secondary N) is 1. The molecule has 1 N–H and O–H groups in total. The third-order valence-electron chi connectivity index (χ3n) is 3.97. The summed E-state index contributed by atoms with van der Waals surface area (Å²) in [5.74, 6) is 1.48. The molecule has 0 aromatic heterocycles. The van der Waals surface area contributed by atoms with Gasteiger partial charge in [0, 0.05) is 6.54 Å². The number of rotatable bonds is 4. The minimum atomic E-state index is -0.240. The number of piperazine rings is 1. The van der Waals surface area contributed by atoms with E-state index in [-0.39, 0.29) is 24.4 Å². The second-order valence-corrected chi connectivity index (χ2v) is 5.82. The Bertz CT molecular complexity index is 323. The minimum absolute atomic E-state index is 0.00236. The third-order valence-corrected chi connectivity index (χ3v) is 3.97. The van der Waals surface area contributed by atoms with E-state index in [2.05, 4.69) is 26.1 Å². The van der Waals surface area contributed by atoms with Crippen LogP contribution in [-0.4, -0.2) is 35.8 Å². The lowest BCUT2D eigenvalue weighted by molar-refractivity contribution is -0.145. The van der Waals surface area contributed by atoms with E-state index in [9.17, 15) is 9.59 Å². The quantitative estimate of drug-likeness (QED) is 0.795. The molecule has 2 aliphatic rings. The molecule has 2 fully saturated rings. The molecule has 17 heavy (non-hydrogen) atoms. The number of hydrogen-bond acceptors (Lipinski definition) is 2. The maximum Gasteiger partial charge on any atom is 0.245 e. The van der Waals surface area contributed by atoms with Gasteiger partial charge in [-0.2, -0.15) is 0 Å². The summed E-state index contributed by atoms with van der Waals surface area (Å²) in [7, 11) is 0. The van der Waals surface area contributed by atoms with Crippen molar-refractivity contribution in [3.63, 3.8) is 0 Å². The summed E-state index contributed by atoms with van der Waals surface area (Å²) in [6, 6.07) is -0.240. The fraction of sp³-hybridized carbons (Fsp3) is 0.846. The summed E-state index contributed by atoms with van der Waals surface area (Å²) in [5.41, 5.74) is 0. The lowest BCUT2D eigenvalue weighted by Crippen LogP contribution is -2.59. The van der Waals surface area contributed by atoms with E-state index in [0.29, 0.717) is 24.3 Å². The van der Waals surface area contributed by atoms with E-state index in [4.69, 9.17) is 0 Å². The standard InChI is InChI=1S/C13H22N2O2/c1-8(2)9(3)6-15-7-11(16)14-12(13(15)17)10-4-5-10/h8-10,12H,4-7H2,1-3H3,(H,14,16). The number of carbonyl (C=O) groups excluding carboxylic acids is 2. The SMILES string of the molecule is CC(C)C(C)CN1CC(=O)NC(C2CC2)C1=O. The Balaban J connectivity index is 2.00. The number of hydrogen-bond donors (Lipinski definition) is 1. The van der Waals surface area contributed by atoms with Gasteiger partial charge < -0.3 is 10.2 Å². The fourth-order valence-corrected chi connectivity index (χ4v) is 2.19. The first-order chi connectivity index (χ1) is 7.99. The molecule has 0 aromatic rings. The first-order valence-corrected chi connectivity index (χ1v) is 6.57. The third kappa shape index (κ3) is 2.79. The van der Waals surface area contributed by atoms with Crippen molar-refractivity contribution < 1.29 is 9.59 Å². The first kappa shape index (κ1) is 12.4. The Hall–Kier alpha value is -1.06. The highest BCUT2D eigenvalue weighted by atomic mass is 16.2. The largest absolute Gasteiger partial charge is 0.342 e. The minimum Gasteiger partial charge on any atom is -0.342 e. The van der Waals surface area contributed by atoms with Gasteiger partial charge in [0.15, 0.2) is 0 Å².